The first kappa shape index (κ1) is 19.7. The number of carbonyl (C=O) groups excluding carboxylic acids is 1. The minimum Gasteiger partial charge on any atom is -0.486 e. The van der Waals surface area contributed by atoms with Crippen molar-refractivity contribution < 1.29 is 14.1 Å². The zero-order chi connectivity index (χ0) is 20.4. The van der Waals surface area contributed by atoms with Gasteiger partial charge in [-0.1, -0.05) is 35.4 Å². The molecule has 0 radical (unpaired) electrons. The van der Waals surface area contributed by atoms with E-state index in [1.54, 1.807) is 12.3 Å². The van der Waals surface area contributed by atoms with Gasteiger partial charge < -0.3 is 14.6 Å². The quantitative estimate of drug-likeness (QED) is 0.469. The summed E-state index contributed by atoms with van der Waals surface area (Å²) in [5.41, 5.74) is 2.98. The summed E-state index contributed by atoms with van der Waals surface area (Å²) < 4.78 is 11.0. The minimum atomic E-state index is -0.287. The number of aromatic nitrogens is 3. The topological polar surface area (TPSA) is 90.1 Å². The third-order valence-electron chi connectivity index (χ3n) is 4.59. The number of thioether (sulfide) groups is 1. The van der Waals surface area contributed by atoms with Crippen molar-refractivity contribution in [1.82, 2.24) is 20.4 Å². The van der Waals surface area contributed by atoms with E-state index in [-0.39, 0.29) is 17.7 Å². The number of halogens is 1. The molecule has 29 heavy (non-hydrogen) atoms. The maximum Gasteiger partial charge on any atom is 0.273 e. The van der Waals surface area contributed by atoms with Crippen LogP contribution in [-0.2, 0) is 12.8 Å². The van der Waals surface area contributed by atoms with Crippen LogP contribution in [0.3, 0.4) is 0 Å². The van der Waals surface area contributed by atoms with E-state index in [2.05, 4.69) is 20.4 Å². The molecule has 0 saturated carbocycles. The Balaban J connectivity index is 1.45. The standard InChI is InChI=1S/C20H19ClN4O3S/c1-3-13-9-17(25-28-13)19(26)23-10-14-7-12-6-11(8-15(21)18(12)27-14)16-4-5-22-20(24-16)29-2/h4-6,8-9,14H,3,7,10H2,1-2H3,(H,23,26). The zero-order valence-corrected chi connectivity index (χ0v) is 17.5. The highest BCUT2D eigenvalue weighted by Gasteiger charge is 2.27. The van der Waals surface area contributed by atoms with Gasteiger partial charge in [0.05, 0.1) is 17.3 Å². The number of ether oxygens (including phenoxy) is 1. The van der Waals surface area contributed by atoms with Crippen LogP contribution in [0.15, 0.2) is 40.1 Å². The van der Waals surface area contributed by atoms with Crippen molar-refractivity contribution in [2.24, 2.45) is 0 Å². The first-order chi connectivity index (χ1) is 14.1. The molecule has 1 aromatic carbocycles. The maximum absolute atomic E-state index is 12.2. The second kappa shape index (κ2) is 8.42. The van der Waals surface area contributed by atoms with Crippen LogP contribution >= 0.6 is 23.4 Å². The Labute approximate surface area is 177 Å². The normalized spacial score (nSPS) is 15.1. The van der Waals surface area contributed by atoms with Crippen LogP contribution in [0.25, 0.3) is 11.3 Å². The van der Waals surface area contributed by atoms with E-state index in [9.17, 15) is 4.79 Å². The van der Waals surface area contributed by atoms with Gasteiger partial charge in [-0.3, -0.25) is 4.79 Å². The SMILES string of the molecule is CCc1cc(C(=O)NCC2Cc3cc(-c4ccnc(SC)n4)cc(Cl)c3O2)no1. The van der Waals surface area contributed by atoms with E-state index >= 15 is 0 Å². The molecule has 0 aliphatic carbocycles. The summed E-state index contributed by atoms with van der Waals surface area (Å²) in [6.45, 7) is 2.28. The lowest BCUT2D eigenvalue weighted by molar-refractivity contribution is 0.0924. The Bertz CT molecular complexity index is 1060. The van der Waals surface area contributed by atoms with Crippen LogP contribution in [0.1, 0.15) is 28.7 Å². The van der Waals surface area contributed by atoms with Crippen LogP contribution in [-0.4, -0.2) is 39.9 Å². The zero-order valence-electron chi connectivity index (χ0n) is 15.9. The molecule has 0 bridgehead atoms. The Morgan fingerprint density at radius 1 is 1.38 bits per heavy atom. The molecule has 3 aromatic rings. The predicted octanol–water partition coefficient (Wildman–Crippen LogP) is 3.80. The van der Waals surface area contributed by atoms with Crippen LogP contribution in [0, 0.1) is 0 Å². The Hall–Kier alpha value is -2.58. The number of nitrogens with one attached hydrogen (secondary N) is 1. The fourth-order valence-electron chi connectivity index (χ4n) is 3.13. The molecule has 3 heterocycles. The summed E-state index contributed by atoms with van der Waals surface area (Å²) in [5.74, 6) is 1.04. The highest BCUT2D eigenvalue weighted by molar-refractivity contribution is 7.98. The van der Waals surface area contributed by atoms with Gasteiger partial charge in [-0.15, -0.1) is 0 Å². The number of hydrogen-bond acceptors (Lipinski definition) is 7. The fourth-order valence-corrected chi connectivity index (χ4v) is 3.77. The van der Waals surface area contributed by atoms with Crippen molar-refractivity contribution in [1.29, 1.82) is 0 Å². The van der Waals surface area contributed by atoms with E-state index in [1.807, 2.05) is 31.4 Å². The summed E-state index contributed by atoms with van der Waals surface area (Å²) in [5, 5.41) is 7.85. The summed E-state index contributed by atoms with van der Waals surface area (Å²) in [6.07, 6.45) is 4.79. The van der Waals surface area contributed by atoms with Crippen LogP contribution in [0.4, 0.5) is 0 Å². The third kappa shape index (κ3) is 4.23. The van der Waals surface area contributed by atoms with Crippen LogP contribution < -0.4 is 10.1 Å². The third-order valence-corrected chi connectivity index (χ3v) is 5.44. The molecule has 0 fully saturated rings. The van der Waals surface area contributed by atoms with Gasteiger partial charge in [-0.2, -0.15) is 0 Å². The number of aryl methyl sites for hydroxylation is 1. The highest BCUT2D eigenvalue weighted by atomic mass is 35.5. The van der Waals surface area contributed by atoms with E-state index in [0.29, 0.717) is 41.1 Å². The molecule has 0 spiro atoms. The number of rotatable bonds is 6. The lowest BCUT2D eigenvalue weighted by atomic mass is 10.0. The monoisotopic (exact) mass is 430 g/mol. The Morgan fingerprint density at radius 2 is 2.24 bits per heavy atom. The molecule has 1 amide bonds. The van der Waals surface area contributed by atoms with Gasteiger partial charge in [0.25, 0.3) is 5.91 Å². The molecular weight excluding hydrogens is 412 g/mol. The lowest BCUT2D eigenvalue weighted by Crippen LogP contribution is -2.34. The molecular formula is C20H19ClN4O3S. The number of benzene rings is 1. The van der Waals surface area contributed by atoms with E-state index in [1.165, 1.54) is 11.8 Å². The number of carbonyl (C=O) groups is 1. The number of hydrogen-bond donors (Lipinski definition) is 1. The van der Waals surface area contributed by atoms with Crippen molar-refractivity contribution in [2.75, 3.05) is 12.8 Å². The van der Waals surface area contributed by atoms with E-state index < -0.39 is 0 Å². The van der Waals surface area contributed by atoms with Crippen molar-refractivity contribution >= 4 is 29.3 Å². The second-order valence-corrected chi connectivity index (χ2v) is 7.74. The van der Waals surface area contributed by atoms with Crippen molar-refractivity contribution in [2.45, 2.75) is 31.0 Å². The van der Waals surface area contributed by atoms with Gasteiger partial charge in [0.15, 0.2) is 10.9 Å². The molecule has 1 aliphatic rings. The average Bonchev–Trinajstić information content (AvgIpc) is 3.39. The molecule has 7 nitrogen and oxygen atoms in total. The van der Waals surface area contributed by atoms with Gasteiger partial charge in [-0.25, -0.2) is 9.97 Å². The summed E-state index contributed by atoms with van der Waals surface area (Å²) in [7, 11) is 0. The number of nitrogens with zero attached hydrogens (tertiary/aromatic N) is 3. The van der Waals surface area contributed by atoms with Crippen molar-refractivity contribution in [3.05, 3.63) is 52.5 Å². The van der Waals surface area contributed by atoms with Crippen molar-refractivity contribution in [3.63, 3.8) is 0 Å². The van der Waals surface area contributed by atoms with Gasteiger partial charge in [0.2, 0.25) is 0 Å². The first-order valence-corrected chi connectivity index (χ1v) is 10.8. The molecule has 4 rings (SSSR count). The number of fused-ring (bicyclic) bond motifs is 1. The largest absolute Gasteiger partial charge is 0.486 e. The highest BCUT2D eigenvalue weighted by Crippen LogP contribution is 2.39. The smallest absolute Gasteiger partial charge is 0.273 e. The predicted molar refractivity (Wildman–Crippen MR) is 111 cm³/mol. The minimum absolute atomic E-state index is 0.202. The van der Waals surface area contributed by atoms with E-state index in [4.69, 9.17) is 20.9 Å². The van der Waals surface area contributed by atoms with Crippen LogP contribution in [0.5, 0.6) is 5.75 Å². The summed E-state index contributed by atoms with van der Waals surface area (Å²) in [6, 6.07) is 7.37. The molecule has 1 N–H and O–H groups in total. The summed E-state index contributed by atoms with van der Waals surface area (Å²) in [4.78, 5) is 21.0. The average molecular weight is 431 g/mol. The molecule has 1 aliphatic heterocycles. The molecule has 1 atom stereocenters. The molecule has 2 aromatic heterocycles. The fraction of sp³-hybridized carbons (Fsp3) is 0.300. The first-order valence-electron chi connectivity index (χ1n) is 9.17. The van der Waals surface area contributed by atoms with Gasteiger partial charge in [-0.05, 0) is 24.5 Å². The lowest BCUT2D eigenvalue weighted by Gasteiger charge is -2.11. The van der Waals surface area contributed by atoms with Gasteiger partial charge in [0.1, 0.15) is 17.6 Å². The van der Waals surface area contributed by atoms with Gasteiger partial charge >= 0.3 is 0 Å². The molecule has 0 saturated heterocycles. The molecule has 1 unspecified atom stereocenters. The van der Waals surface area contributed by atoms with Gasteiger partial charge in [0, 0.05) is 36.2 Å². The Kier molecular flexibility index (Phi) is 5.73. The van der Waals surface area contributed by atoms with Crippen molar-refractivity contribution in [3.8, 4) is 17.0 Å². The van der Waals surface area contributed by atoms with Crippen LogP contribution in [0.2, 0.25) is 5.02 Å². The summed E-state index contributed by atoms with van der Waals surface area (Å²) >= 11 is 7.94. The van der Waals surface area contributed by atoms with E-state index in [0.717, 1.165) is 16.8 Å². The second-order valence-electron chi connectivity index (χ2n) is 6.56. The molecule has 9 heteroatoms. The number of amides is 1. The Morgan fingerprint density at radius 3 is 3.00 bits per heavy atom. The molecule has 150 valence electrons. The maximum atomic E-state index is 12.2.